The summed E-state index contributed by atoms with van der Waals surface area (Å²) < 4.78 is 13.0. The van der Waals surface area contributed by atoms with Crippen molar-refractivity contribution >= 4 is 22.8 Å². The van der Waals surface area contributed by atoms with Crippen molar-refractivity contribution in [3.63, 3.8) is 0 Å². The zero-order valence-electron chi connectivity index (χ0n) is 22.3. The number of nitrogen functional groups attached to an aromatic ring is 1. The maximum Gasteiger partial charge on any atom is 0.410 e. The number of anilines is 1. The molecule has 1 unspecified atom stereocenters. The molecule has 0 bridgehead atoms. The fourth-order valence-electron chi connectivity index (χ4n) is 4.14. The minimum Gasteiger partial charge on any atom is -0.444 e. The van der Waals surface area contributed by atoms with Gasteiger partial charge < -0.3 is 20.1 Å². The van der Waals surface area contributed by atoms with Crippen LogP contribution in [0.3, 0.4) is 0 Å². The Morgan fingerprint density at radius 3 is 2.55 bits per heavy atom. The molecule has 0 spiro atoms. The summed E-state index contributed by atoms with van der Waals surface area (Å²) in [5.74, 6) is 1.24. The number of nitrogens with two attached hydrogens (primary N) is 1. The molecule has 1 amide bonds. The highest BCUT2D eigenvalue weighted by atomic mass is 16.6. The van der Waals surface area contributed by atoms with E-state index >= 15 is 0 Å². The molecule has 1 atom stereocenters. The topological polar surface area (TPSA) is 141 Å². The van der Waals surface area contributed by atoms with Gasteiger partial charge in [0.15, 0.2) is 5.82 Å². The molecule has 0 aliphatic heterocycles. The lowest BCUT2D eigenvalue weighted by Gasteiger charge is -2.28. The first-order valence-corrected chi connectivity index (χ1v) is 12.5. The van der Waals surface area contributed by atoms with Crippen molar-refractivity contribution in [1.29, 1.82) is 0 Å². The lowest BCUT2D eigenvalue weighted by atomic mass is 10.1. The van der Waals surface area contributed by atoms with Gasteiger partial charge in [-0.2, -0.15) is 10.2 Å². The number of fused-ring (bicyclic) bond motifs is 1. The van der Waals surface area contributed by atoms with Crippen LogP contribution in [-0.4, -0.2) is 55.1 Å². The van der Waals surface area contributed by atoms with Gasteiger partial charge in [0.25, 0.3) is 5.56 Å². The third kappa shape index (κ3) is 5.93. The minimum absolute atomic E-state index is 0.158. The van der Waals surface area contributed by atoms with Crippen LogP contribution in [-0.2, 0) is 4.74 Å². The van der Waals surface area contributed by atoms with E-state index < -0.39 is 17.3 Å². The smallest absolute Gasteiger partial charge is 0.410 e. The van der Waals surface area contributed by atoms with Gasteiger partial charge in [0.1, 0.15) is 22.6 Å². The van der Waals surface area contributed by atoms with E-state index in [1.807, 2.05) is 52.0 Å². The van der Waals surface area contributed by atoms with Crippen LogP contribution in [0.15, 0.2) is 53.5 Å². The Labute approximate surface area is 220 Å². The Kier molecular flexibility index (Phi) is 7.65. The van der Waals surface area contributed by atoms with Crippen LogP contribution in [0.5, 0.6) is 11.6 Å². The zero-order chi connectivity index (χ0) is 27.4. The number of benzene rings is 1. The Hall–Kier alpha value is -4.41. The second-order valence-electron chi connectivity index (χ2n) is 10.1. The molecule has 38 heavy (non-hydrogen) atoms. The number of amides is 1. The van der Waals surface area contributed by atoms with E-state index in [1.54, 1.807) is 36.1 Å². The van der Waals surface area contributed by atoms with Gasteiger partial charge in [0, 0.05) is 31.4 Å². The lowest BCUT2D eigenvalue weighted by molar-refractivity contribution is 0.0272. The van der Waals surface area contributed by atoms with Gasteiger partial charge in [-0.15, -0.1) is 0 Å². The van der Waals surface area contributed by atoms with Crippen molar-refractivity contribution < 1.29 is 14.3 Å². The number of ether oxygens (including phenoxy) is 2. The average Bonchev–Trinajstić information content (AvgIpc) is 3.28. The van der Waals surface area contributed by atoms with E-state index in [1.165, 1.54) is 4.90 Å². The zero-order valence-corrected chi connectivity index (χ0v) is 22.3. The number of hydrogen-bond acceptors (Lipinski definition) is 8. The Balaban J connectivity index is 1.72. The second kappa shape index (κ2) is 10.9. The summed E-state index contributed by atoms with van der Waals surface area (Å²) in [5, 5.41) is 11.7. The highest BCUT2D eigenvalue weighted by molar-refractivity contribution is 5.99. The number of nitrogens with zero attached hydrogens (tertiary/aromatic N) is 5. The summed E-state index contributed by atoms with van der Waals surface area (Å²) >= 11 is 0. The average molecular weight is 520 g/mol. The van der Waals surface area contributed by atoms with E-state index in [0.29, 0.717) is 34.6 Å². The number of carbonyl (C=O) groups is 1. The van der Waals surface area contributed by atoms with Crippen LogP contribution in [0.2, 0.25) is 0 Å². The molecule has 3 aromatic heterocycles. The number of pyridine rings is 1. The molecule has 3 heterocycles. The Morgan fingerprint density at radius 1 is 1.18 bits per heavy atom. The third-order valence-corrected chi connectivity index (χ3v) is 5.81. The van der Waals surface area contributed by atoms with Gasteiger partial charge in [-0.3, -0.25) is 9.48 Å². The fourth-order valence-corrected chi connectivity index (χ4v) is 4.14. The quantitative estimate of drug-likeness (QED) is 0.339. The van der Waals surface area contributed by atoms with Crippen LogP contribution in [0, 0.1) is 0 Å². The minimum atomic E-state index is -0.624. The number of rotatable bonds is 8. The Morgan fingerprint density at radius 2 is 1.92 bits per heavy atom. The van der Waals surface area contributed by atoms with Gasteiger partial charge in [0.05, 0.1) is 11.4 Å². The molecule has 0 aliphatic carbocycles. The predicted molar refractivity (Wildman–Crippen MR) is 145 cm³/mol. The number of hydrogen-bond donors (Lipinski definition) is 2. The molecule has 200 valence electrons. The largest absolute Gasteiger partial charge is 0.444 e. The highest BCUT2D eigenvalue weighted by Gasteiger charge is 2.27. The summed E-state index contributed by atoms with van der Waals surface area (Å²) in [6.07, 6.45) is 2.68. The van der Waals surface area contributed by atoms with Crippen molar-refractivity contribution in [2.24, 2.45) is 0 Å². The third-order valence-electron chi connectivity index (χ3n) is 5.81. The molecule has 0 fully saturated rings. The van der Waals surface area contributed by atoms with Gasteiger partial charge in [0.2, 0.25) is 5.88 Å². The van der Waals surface area contributed by atoms with E-state index in [-0.39, 0.29) is 18.4 Å². The van der Waals surface area contributed by atoms with Crippen LogP contribution in [0.1, 0.15) is 46.6 Å². The van der Waals surface area contributed by atoms with Crippen LogP contribution < -0.4 is 16.0 Å². The van der Waals surface area contributed by atoms with Crippen molar-refractivity contribution in [2.75, 3.05) is 19.3 Å². The van der Waals surface area contributed by atoms with Crippen LogP contribution in [0.4, 0.5) is 10.6 Å². The molecular formula is C27H33N7O4. The summed E-state index contributed by atoms with van der Waals surface area (Å²) in [6, 6.07) is 12.4. The lowest BCUT2D eigenvalue weighted by Crippen LogP contribution is -2.38. The molecule has 0 aliphatic rings. The van der Waals surface area contributed by atoms with Gasteiger partial charge in [-0.1, -0.05) is 19.4 Å². The van der Waals surface area contributed by atoms with Crippen LogP contribution >= 0.6 is 0 Å². The molecule has 1 aromatic carbocycles. The molecule has 0 saturated carbocycles. The SMILES string of the molecule is CCCC(CN(C)C(=O)OC(C)(C)C)n1nc(-c2ccc(Oc3ccccn3)cc2)c2c(N)n[nH]c(=O)c21. The molecule has 11 nitrogen and oxygen atoms in total. The van der Waals surface area contributed by atoms with E-state index in [2.05, 4.69) is 15.2 Å². The summed E-state index contributed by atoms with van der Waals surface area (Å²) in [7, 11) is 1.67. The number of nitrogens with one attached hydrogen (secondary N) is 1. The van der Waals surface area contributed by atoms with Crippen molar-refractivity contribution in [1.82, 2.24) is 29.9 Å². The molecular weight excluding hydrogens is 486 g/mol. The summed E-state index contributed by atoms with van der Waals surface area (Å²) in [6.45, 7) is 7.78. The van der Waals surface area contributed by atoms with Crippen molar-refractivity contribution in [3.05, 3.63) is 59.0 Å². The number of H-pyrrole nitrogens is 1. The Bertz CT molecular complexity index is 1460. The monoisotopic (exact) mass is 519 g/mol. The second-order valence-corrected chi connectivity index (χ2v) is 10.1. The molecule has 11 heteroatoms. The molecule has 4 aromatic rings. The molecule has 3 N–H and O–H groups in total. The first-order chi connectivity index (χ1) is 18.1. The maximum atomic E-state index is 13.0. The first kappa shape index (κ1) is 26.6. The molecule has 4 rings (SSSR count). The number of carbonyl (C=O) groups excluding carboxylic acids is 1. The first-order valence-electron chi connectivity index (χ1n) is 12.5. The number of aromatic amines is 1. The fraction of sp³-hybridized carbons (Fsp3) is 0.370. The predicted octanol–water partition coefficient (Wildman–Crippen LogP) is 4.76. The normalized spacial score (nSPS) is 12.3. The van der Waals surface area contributed by atoms with E-state index in [4.69, 9.17) is 20.3 Å². The van der Waals surface area contributed by atoms with Crippen LogP contribution in [0.25, 0.3) is 22.2 Å². The van der Waals surface area contributed by atoms with Gasteiger partial charge in [-0.05, 0) is 57.5 Å². The van der Waals surface area contributed by atoms with E-state index in [9.17, 15) is 9.59 Å². The van der Waals surface area contributed by atoms with Gasteiger partial charge >= 0.3 is 6.09 Å². The molecule has 0 saturated heterocycles. The van der Waals surface area contributed by atoms with E-state index in [0.717, 1.165) is 12.0 Å². The standard InChI is InChI=1S/C27H33N7O4/c1-6-9-18(16-33(5)26(36)38-27(2,3)4)34-23-21(24(28)30-31-25(23)35)22(32-34)17-11-13-19(14-12-17)37-20-10-7-8-15-29-20/h7-8,10-15,18H,6,9,16H2,1-5H3,(H2,28,30)(H,31,35). The number of likely N-dealkylation sites (N-methyl/N-ethyl adjacent to an activating group) is 1. The summed E-state index contributed by atoms with van der Waals surface area (Å²) in [5.41, 5.74) is 6.76. The van der Waals surface area contributed by atoms with Gasteiger partial charge in [-0.25, -0.2) is 14.9 Å². The number of aromatic nitrogens is 5. The maximum absolute atomic E-state index is 13.0. The van der Waals surface area contributed by atoms with Crippen molar-refractivity contribution in [3.8, 4) is 22.9 Å². The van der Waals surface area contributed by atoms with Crippen molar-refractivity contribution in [2.45, 2.75) is 52.2 Å². The molecule has 0 radical (unpaired) electrons. The highest BCUT2D eigenvalue weighted by Crippen LogP contribution is 2.33. The summed E-state index contributed by atoms with van der Waals surface area (Å²) in [4.78, 5) is 31.3.